The van der Waals surface area contributed by atoms with Gasteiger partial charge in [0, 0.05) is 15.9 Å². The van der Waals surface area contributed by atoms with E-state index in [-0.39, 0.29) is 11.9 Å². The molecule has 0 saturated carbocycles. The molecule has 1 N–H and O–H groups in total. The second kappa shape index (κ2) is 8.89. The van der Waals surface area contributed by atoms with Crippen LogP contribution < -0.4 is 5.32 Å². The van der Waals surface area contributed by atoms with Gasteiger partial charge >= 0.3 is 5.97 Å². The van der Waals surface area contributed by atoms with Gasteiger partial charge < -0.3 is 10.1 Å². The minimum atomic E-state index is -0.356. The predicted molar refractivity (Wildman–Crippen MR) is 101 cm³/mol. The smallest absolute Gasteiger partial charge is 0.337 e. The number of anilines is 1. The lowest BCUT2D eigenvalue weighted by atomic mass is 10.1. The van der Waals surface area contributed by atoms with Crippen molar-refractivity contribution in [3.63, 3.8) is 0 Å². The van der Waals surface area contributed by atoms with Gasteiger partial charge in [-0.15, -0.1) is 11.8 Å². The molecule has 0 saturated heterocycles. The van der Waals surface area contributed by atoms with E-state index in [4.69, 9.17) is 4.74 Å². The highest BCUT2D eigenvalue weighted by atomic mass is 79.9. The van der Waals surface area contributed by atoms with Gasteiger partial charge in [0.2, 0.25) is 5.91 Å². The number of carbonyl (C=O) groups is 2. The zero-order chi connectivity index (χ0) is 17.5. The van der Waals surface area contributed by atoms with Crippen LogP contribution in [0.1, 0.15) is 21.5 Å². The molecule has 126 valence electrons. The third kappa shape index (κ3) is 5.39. The lowest BCUT2D eigenvalue weighted by Gasteiger charge is -2.07. The van der Waals surface area contributed by atoms with Gasteiger partial charge in [0.05, 0.1) is 18.4 Å². The first-order chi connectivity index (χ1) is 11.5. The number of carbonyl (C=O) groups excluding carboxylic acids is 2. The molecule has 2 rings (SSSR count). The third-order valence-corrected chi connectivity index (χ3v) is 5.19. The van der Waals surface area contributed by atoms with Crippen LogP contribution >= 0.6 is 27.7 Å². The van der Waals surface area contributed by atoms with E-state index in [1.165, 1.54) is 18.9 Å². The Morgan fingerprint density at radius 1 is 1.21 bits per heavy atom. The summed E-state index contributed by atoms with van der Waals surface area (Å²) in [6, 6.07) is 12.9. The molecule has 0 aliphatic carbocycles. The highest BCUT2D eigenvalue weighted by molar-refractivity contribution is 9.10. The zero-order valence-electron chi connectivity index (χ0n) is 13.5. The maximum absolute atomic E-state index is 12.0. The average molecular weight is 408 g/mol. The van der Waals surface area contributed by atoms with Crippen LogP contribution in [0.3, 0.4) is 0 Å². The zero-order valence-corrected chi connectivity index (χ0v) is 15.9. The number of hydrogen-bond acceptors (Lipinski definition) is 4. The number of amides is 1. The third-order valence-electron chi connectivity index (χ3n) is 3.29. The first-order valence-corrected chi connectivity index (χ1v) is 9.25. The van der Waals surface area contributed by atoms with E-state index in [0.29, 0.717) is 17.1 Å². The molecule has 0 bridgehead atoms. The largest absolute Gasteiger partial charge is 0.465 e. The summed E-state index contributed by atoms with van der Waals surface area (Å²) in [5.74, 6) is 0.589. The molecule has 24 heavy (non-hydrogen) atoms. The summed E-state index contributed by atoms with van der Waals surface area (Å²) in [6.45, 7) is 1.97. The summed E-state index contributed by atoms with van der Waals surface area (Å²) >= 11 is 4.93. The number of rotatable bonds is 6. The van der Waals surface area contributed by atoms with Crippen LogP contribution in [0.15, 0.2) is 46.9 Å². The van der Waals surface area contributed by atoms with Crippen molar-refractivity contribution in [1.82, 2.24) is 0 Å². The topological polar surface area (TPSA) is 55.4 Å². The molecule has 0 spiro atoms. The van der Waals surface area contributed by atoms with Crippen molar-refractivity contribution < 1.29 is 14.3 Å². The van der Waals surface area contributed by atoms with E-state index in [1.54, 1.807) is 12.1 Å². The number of hydrogen-bond donors (Lipinski definition) is 1. The van der Waals surface area contributed by atoms with Crippen molar-refractivity contribution in [2.24, 2.45) is 0 Å². The lowest BCUT2D eigenvalue weighted by Crippen LogP contribution is -2.14. The van der Waals surface area contributed by atoms with Crippen LogP contribution in [0, 0.1) is 6.92 Å². The minimum absolute atomic E-state index is 0.0501. The molecule has 0 aliphatic heterocycles. The van der Waals surface area contributed by atoms with Crippen molar-refractivity contribution in [2.75, 3.05) is 18.2 Å². The number of methoxy groups -OCH3 is 1. The Kier molecular flexibility index (Phi) is 6.87. The van der Waals surface area contributed by atoms with Crippen molar-refractivity contribution in [3.8, 4) is 0 Å². The maximum atomic E-state index is 12.0. The van der Waals surface area contributed by atoms with E-state index in [1.807, 2.05) is 37.3 Å². The molecule has 1 amide bonds. The quantitative estimate of drug-likeness (QED) is 0.720. The van der Waals surface area contributed by atoms with E-state index in [0.717, 1.165) is 21.3 Å². The van der Waals surface area contributed by atoms with Gasteiger partial charge in [-0.05, 0) is 48.4 Å². The number of ether oxygens (including phenoxy) is 1. The van der Waals surface area contributed by atoms with Crippen LogP contribution in [0.2, 0.25) is 0 Å². The SMILES string of the molecule is COC(=O)c1cccc(CSCC(=O)Nc2ccc(Br)c(C)c2)c1. The molecule has 0 atom stereocenters. The van der Waals surface area contributed by atoms with Gasteiger partial charge in [-0.25, -0.2) is 4.79 Å². The van der Waals surface area contributed by atoms with Crippen molar-refractivity contribution in [3.05, 3.63) is 63.6 Å². The summed E-state index contributed by atoms with van der Waals surface area (Å²) in [6.07, 6.45) is 0. The summed E-state index contributed by atoms with van der Waals surface area (Å²) in [7, 11) is 1.36. The van der Waals surface area contributed by atoms with Crippen molar-refractivity contribution >= 4 is 45.3 Å². The molecule has 0 unspecified atom stereocenters. The summed E-state index contributed by atoms with van der Waals surface area (Å²) in [5.41, 5.74) is 3.36. The fourth-order valence-corrected chi connectivity index (χ4v) is 3.11. The fraction of sp³-hybridized carbons (Fsp3) is 0.222. The van der Waals surface area contributed by atoms with E-state index in [9.17, 15) is 9.59 Å². The number of aryl methyl sites for hydroxylation is 1. The fourth-order valence-electron chi connectivity index (χ4n) is 2.09. The highest BCUT2D eigenvalue weighted by Gasteiger charge is 2.07. The van der Waals surface area contributed by atoms with Crippen molar-refractivity contribution in [2.45, 2.75) is 12.7 Å². The number of benzene rings is 2. The first-order valence-electron chi connectivity index (χ1n) is 7.30. The Balaban J connectivity index is 1.84. The summed E-state index contributed by atoms with van der Waals surface area (Å²) in [4.78, 5) is 23.5. The summed E-state index contributed by atoms with van der Waals surface area (Å²) < 4.78 is 5.72. The Morgan fingerprint density at radius 3 is 2.71 bits per heavy atom. The van der Waals surface area contributed by atoms with Crippen LogP contribution in [-0.4, -0.2) is 24.7 Å². The molecule has 0 fully saturated rings. The van der Waals surface area contributed by atoms with Crippen LogP contribution in [-0.2, 0) is 15.3 Å². The Morgan fingerprint density at radius 2 is 2.00 bits per heavy atom. The lowest BCUT2D eigenvalue weighted by molar-refractivity contribution is -0.113. The van der Waals surface area contributed by atoms with Gasteiger partial charge in [0.15, 0.2) is 0 Å². The Labute approximate surface area is 154 Å². The molecule has 0 radical (unpaired) electrons. The molecule has 4 nitrogen and oxygen atoms in total. The Hall–Kier alpha value is -1.79. The second-order valence-corrected chi connectivity index (χ2v) is 7.04. The normalized spacial score (nSPS) is 10.3. The first kappa shape index (κ1) is 18.5. The molecular weight excluding hydrogens is 390 g/mol. The van der Waals surface area contributed by atoms with E-state index < -0.39 is 0 Å². The predicted octanol–water partition coefficient (Wildman–Crippen LogP) is 4.42. The van der Waals surface area contributed by atoms with Gasteiger partial charge in [-0.2, -0.15) is 0 Å². The molecule has 0 aliphatic rings. The van der Waals surface area contributed by atoms with Gasteiger partial charge in [0.25, 0.3) is 0 Å². The van der Waals surface area contributed by atoms with Gasteiger partial charge in [-0.1, -0.05) is 28.1 Å². The highest BCUT2D eigenvalue weighted by Crippen LogP contribution is 2.20. The maximum Gasteiger partial charge on any atom is 0.337 e. The second-order valence-electron chi connectivity index (χ2n) is 5.20. The standard InChI is InChI=1S/C18H18BrNO3S/c1-12-8-15(6-7-16(12)19)20-17(21)11-24-10-13-4-3-5-14(9-13)18(22)23-2/h3-9H,10-11H2,1-2H3,(H,20,21). The number of nitrogens with one attached hydrogen (secondary N) is 1. The van der Waals surface area contributed by atoms with Gasteiger partial charge in [-0.3, -0.25) is 4.79 Å². The molecule has 2 aromatic rings. The van der Waals surface area contributed by atoms with Crippen molar-refractivity contribution in [1.29, 1.82) is 0 Å². The monoisotopic (exact) mass is 407 g/mol. The number of thioether (sulfide) groups is 1. The van der Waals surface area contributed by atoms with E-state index in [2.05, 4.69) is 21.2 Å². The molecule has 6 heteroatoms. The number of esters is 1. The Bertz CT molecular complexity index is 749. The van der Waals surface area contributed by atoms with Gasteiger partial charge in [0.1, 0.15) is 0 Å². The average Bonchev–Trinajstić information content (AvgIpc) is 2.57. The van der Waals surface area contributed by atoms with E-state index >= 15 is 0 Å². The van der Waals surface area contributed by atoms with Crippen LogP contribution in [0.5, 0.6) is 0 Å². The molecule has 0 heterocycles. The summed E-state index contributed by atoms with van der Waals surface area (Å²) in [5, 5.41) is 2.88. The molecule has 2 aromatic carbocycles. The van der Waals surface area contributed by atoms with Crippen LogP contribution in [0.4, 0.5) is 5.69 Å². The van der Waals surface area contributed by atoms with Crippen LogP contribution in [0.25, 0.3) is 0 Å². The molecular formula is C18H18BrNO3S. The number of halogens is 1. The molecule has 0 aromatic heterocycles. The minimum Gasteiger partial charge on any atom is -0.465 e.